The summed E-state index contributed by atoms with van der Waals surface area (Å²) in [6.07, 6.45) is 0. The number of aliphatic imine (C=N–C) groups is 1. The zero-order chi connectivity index (χ0) is 15.3. The second-order valence-corrected chi connectivity index (χ2v) is 10.2. The van der Waals surface area contributed by atoms with E-state index in [2.05, 4.69) is 71.5 Å². The van der Waals surface area contributed by atoms with E-state index in [0.29, 0.717) is 0 Å². The lowest BCUT2D eigenvalue weighted by atomic mass is 10.1. The van der Waals surface area contributed by atoms with Crippen LogP contribution >= 0.6 is 69.6 Å². The number of rotatable bonds is 4. The number of nitriles is 1. The van der Waals surface area contributed by atoms with Crippen molar-refractivity contribution in [3.63, 3.8) is 0 Å². The molecule has 1 aliphatic rings. The van der Waals surface area contributed by atoms with Crippen molar-refractivity contribution >= 4 is 74.0 Å². The van der Waals surface area contributed by atoms with Crippen molar-refractivity contribution in [1.82, 2.24) is 0 Å². The molecule has 2 rings (SSSR count). The van der Waals surface area contributed by atoms with Crippen molar-refractivity contribution in [3.8, 4) is 5.40 Å². The molecule has 0 spiro atoms. The Balaban J connectivity index is 1.99. The maximum atomic E-state index is 8.56. The Labute approximate surface area is 156 Å². The van der Waals surface area contributed by atoms with E-state index >= 15 is 0 Å². The molecule has 0 unspecified atom stereocenters. The first kappa shape index (κ1) is 17.6. The van der Waals surface area contributed by atoms with Crippen molar-refractivity contribution in [2.75, 3.05) is 5.08 Å². The van der Waals surface area contributed by atoms with Gasteiger partial charge in [-0.25, -0.2) is 0 Å². The van der Waals surface area contributed by atoms with Gasteiger partial charge in [0.15, 0.2) is 0 Å². The van der Waals surface area contributed by atoms with Gasteiger partial charge in [-0.1, -0.05) is 35.3 Å². The monoisotopic (exact) mass is 464 g/mol. The number of thioether (sulfide) groups is 4. The number of benzene rings is 1. The summed E-state index contributed by atoms with van der Waals surface area (Å²) in [5, 5.41) is 13.6. The number of nitrogens with zero attached hydrogens (tertiary/aromatic N) is 2. The lowest BCUT2D eigenvalue weighted by molar-refractivity contribution is 0.658. The fourth-order valence-corrected chi connectivity index (χ4v) is 5.86. The van der Waals surface area contributed by atoms with Crippen LogP contribution in [0.5, 0.6) is 0 Å². The predicted molar refractivity (Wildman–Crippen MR) is 108 cm³/mol. The summed E-state index contributed by atoms with van der Waals surface area (Å²) in [4.78, 5) is 7.23. The molecule has 1 aliphatic heterocycles. The van der Waals surface area contributed by atoms with Crippen LogP contribution in [0.2, 0.25) is 0 Å². The summed E-state index contributed by atoms with van der Waals surface area (Å²) in [5.41, 5.74) is -0.166. The Bertz CT molecular complexity index is 602. The van der Waals surface area contributed by atoms with Gasteiger partial charge in [0.05, 0.1) is 10.6 Å². The molecule has 0 bridgehead atoms. The highest BCUT2D eigenvalue weighted by atomic mass is 127. The Morgan fingerprint density at radius 1 is 1.38 bits per heavy atom. The summed E-state index contributed by atoms with van der Waals surface area (Å²) < 4.78 is 2.30. The molecule has 0 atom stereocenters. The number of halogens is 1. The molecule has 0 aliphatic carbocycles. The number of hydrogen-bond donors (Lipinski definition) is 0. The van der Waals surface area contributed by atoms with Gasteiger partial charge in [-0.2, -0.15) is 5.26 Å². The molecule has 0 amide bonds. The van der Waals surface area contributed by atoms with E-state index < -0.39 is 0 Å². The van der Waals surface area contributed by atoms with E-state index in [1.165, 1.54) is 25.1 Å². The van der Waals surface area contributed by atoms with Gasteiger partial charge >= 0.3 is 0 Å². The molecule has 1 aromatic carbocycles. The van der Waals surface area contributed by atoms with Crippen LogP contribution < -0.4 is 0 Å². The molecule has 1 aromatic rings. The molecule has 110 valence electrons. The summed E-state index contributed by atoms with van der Waals surface area (Å²) >= 11 is 8.66. The zero-order valence-electron chi connectivity index (χ0n) is 11.5. The topological polar surface area (TPSA) is 36.1 Å². The van der Waals surface area contributed by atoms with Crippen molar-refractivity contribution < 1.29 is 0 Å². The van der Waals surface area contributed by atoms with Crippen LogP contribution in [-0.4, -0.2) is 15.0 Å². The van der Waals surface area contributed by atoms with Crippen LogP contribution in [0, 0.1) is 14.2 Å². The normalized spacial score (nSPS) is 18.6. The van der Waals surface area contributed by atoms with Crippen LogP contribution in [0.15, 0.2) is 44.5 Å². The van der Waals surface area contributed by atoms with E-state index in [4.69, 9.17) is 10.3 Å². The highest BCUT2D eigenvalue weighted by Gasteiger charge is 2.31. The van der Waals surface area contributed by atoms with Crippen molar-refractivity contribution in [3.05, 3.63) is 38.1 Å². The van der Waals surface area contributed by atoms with Crippen LogP contribution in [0.3, 0.4) is 0 Å². The molecule has 0 saturated carbocycles. The van der Waals surface area contributed by atoms with Gasteiger partial charge in [-0.3, -0.25) is 4.99 Å². The first-order valence-corrected chi connectivity index (χ1v) is 10.8. The van der Waals surface area contributed by atoms with E-state index in [9.17, 15) is 0 Å². The SMILES string of the molecule is CC1(C)N=C(SCSC#N)SC1=CSc1ccc(I)cc1. The maximum Gasteiger partial charge on any atom is 0.134 e. The maximum absolute atomic E-state index is 8.56. The second kappa shape index (κ2) is 8.20. The minimum absolute atomic E-state index is 0.166. The third-order valence-corrected chi connectivity index (χ3v) is 7.48. The number of thiocyanates is 1. The fraction of sp³-hybridized carbons (Fsp3) is 0.286. The molecule has 2 nitrogen and oxygen atoms in total. The van der Waals surface area contributed by atoms with Crippen LogP contribution in [-0.2, 0) is 0 Å². The molecular formula is C14H13IN2S4. The Morgan fingerprint density at radius 3 is 2.76 bits per heavy atom. The lowest BCUT2D eigenvalue weighted by Gasteiger charge is -2.14. The van der Waals surface area contributed by atoms with Gasteiger partial charge in [0, 0.05) is 13.4 Å². The lowest BCUT2D eigenvalue weighted by Crippen LogP contribution is -2.13. The average molecular weight is 464 g/mol. The molecule has 0 fully saturated rings. The average Bonchev–Trinajstić information content (AvgIpc) is 2.73. The highest BCUT2D eigenvalue weighted by molar-refractivity contribution is 14.1. The van der Waals surface area contributed by atoms with Gasteiger partial charge in [-0.05, 0) is 77.9 Å². The first-order valence-electron chi connectivity index (χ1n) is 6.05. The van der Waals surface area contributed by atoms with Gasteiger partial charge in [-0.15, -0.1) is 0 Å². The summed E-state index contributed by atoms with van der Waals surface area (Å²) in [5.74, 6) is 0. The third-order valence-electron chi connectivity index (χ3n) is 2.59. The molecule has 0 radical (unpaired) electrons. The molecule has 0 saturated heterocycles. The Morgan fingerprint density at radius 2 is 2.10 bits per heavy atom. The standard InChI is InChI=1S/C14H13IN2S4/c1-14(2)12(21-13(17-14)20-9-18-8-16)7-19-11-5-3-10(15)4-6-11/h3-7H,9H2,1-2H3. The van der Waals surface area contributed by atoms with Crippen molar-refractivity contribution in [2.45, 2.75) is 24.3 Å². The van der Waals surface area contributed by atoms with Crippen LogP contribution in [0.25, 0.3) is 0 Å². The third kappa shape index (κ3) is 5.43. The number of hydrogen-bond acceptors (Lipinski definition) is 6. The van der Waals surface area contributed by atoms with Gasteiger partial charge in [0.1, 0.15) is 9.78 Å². The van der Waals surface area contributed by atoms with E-state index in [1.54, 1.807) is 35.3 Å². The summed E-state index contributed by atoms with van der Waals surface area (Å²) in [6.45, 7) is 4.26. The Hall–Kier alpha value is 0.250. The van der Waals surface area contributed by atoms with Crippen LogP contribution in [0.4, 0.5) is 0 Å². The van der Waals surface area contributed by atoms with Gasteiger partial charge in [0.25, 0.3) is 0 Å². The van der Waals surface area contributed by atoms with E-state index in [1.807, 2.05) is 0 Å². The largest absolute Gasteiger partial charge is 0.260 e. The molecular weight excluding hydrogens is 451 g/mol. The minimum atomic E-state index is -0.166. The molecule has 7 heteroatoms. The summed E-state index contributed by atoms with van der Waals surface area (Å²) in [7, 11) is 0. The van der Waals surface area contributed by atoms with Crippen molar-refractivity contribution in [2.24, 2.45) is 4.99 Å². The quantitative estimate of drug-likeness (QED) is 0.179. The smallest absolute Gasteiger partial charge is 0.134 e. The predicted octanol–water partition coefficient (Wildman–Crippen LogP) is 6.01. The first-order chi connectivity index (χ1) is 10.0. The summed E-state index contributed by atoms with van der Waals surface area (Å²) in [6, 6.07) is 8.50. The van der Waals surface area contributed by atoms with Crippen molar-refractivity contribution in [1.29, 1.82) is 5.26 Å². The second-order valence-electron chi connectivity index (χ2n) is 4.59. The zero-order valence-corrected chi connectivity index (χ0v) is 16.9. The molecule has 21 heavy (non-hydrogen) atoms. The fourth-order valence-electron chi connectivity index (χ4n) is 1.50. The molecule has 1 heterocycles. The molecule has 0 aromatic heterocycles. The van der Waals surface area contributed by atoms with Crippen LogP contribution in [0.1, 0.15) is 13.8 Å². The van der Waals surface area contributed by atoms with Gasteiger partial charge < -0.3 is 0 Å². The Kier molecular flexibility index (Phi) is 6.87. The van der Waals surface area contributed by atoms with E-state index in [-0.39, 0.29) is 5.54 Å². The minimum Gasteiger partial charge on any atom is -0.260 e. The molecule has 0 N–H and O–H groups in total. The van der Waals surface area contributed by atoms with Gasteiger partial charge in [0.2, 0.25) is 0 Å². The highest BCUT2D eigenvalue weighted by Crippen LogP contribution is 2.44. The van der Waals surface area contributed by atoms with E-state index in [0.717, 1.165) is 9.46 Å².